The quantitative estimate of drug-likeness (QED) is 0.370. The minimum Gasteiger partial charge on any atom is -0.495 e. The number of thiophene rings is 1. The van der Waals surface area contributed by atoms with E-state index < -0.39 is 0 Å². The number of fused-ring (bicyclic) bond motifs is 1. The van der Waals surface area contributed by atoms with Gasteiger partial charge in [-0.2, -0.15) is 0 Å². The van der Waals surface area contributed by atoms with Gasteiger partial charge in [0.25, 0.3) is 0 Å². The predicted molar refractivity (Wildman–Crippen MR) is 123 cm³/mol. The van der Waals surface area contributed by atoms with Gasteiger partial charge in [-0.15, -0.1) is 11.3 Å². The SMILES string of the molecule is COc1ccccc1N(c1ccccc1)c1ccccc1.c1scc2c1OCCO2. The highest BCUT2D eigenvalue weighted by Gasteiger charge is 2.15. The first-order chi connectivity index (χ1) is 14.9. The van der Waals surface area contributed by atoms with Crippen molar-refractivity contribution >= 4 is 28.4 Å². The Morgan fingerprint density at radius 2 is 1.20 bits per heavy atom. The van der Waals surface area contributed by atoms with Crippen LogP contribution in [0.25, 0.3) is 0 Å². The molecule has 5 heteroatoms. The Labute approximate surface area is 180 Å². The van der Waals surface area contributed by atoms with E-state index in [1.165, 1.54) is 0 Å². The Bertz CT molecular complexity index is 990. The van der Waals surface area contributed by atoms with E-state index in [2.05, 4.69) is 35.2 Å². The molecular formula is C25H23NO3S. The van der Waals surface area contributed by atoms with E-state index in [1.54, 1.807) is 18.4 Å². The summed E-state index contributed by atoms with van der Waals surface area (Å²) >= 11 is 1.61. The standard InChI is InChI=1S/C19H17NO.C6H6O2S/c1-21-19-15-9-8-14-18(19)20(16-10-4-2-5-11-16)17-12-6-3-7-13-17;1-2-8-6-4-9-3-5(6)7-1/h2-15H,1H3;3-4H,1-2H2. The maximum absolute atomic E-state index is 5.53. The van der Waals surface area contributed by atoms with E-state index >= 15 is 0 Å². The van der Waals surface area contributed by atoms with E-state index in [0.717, 1.165) is 34.3 Å². The second kappa shape index (κ2) is 9.85. The number of rotatable bonds is 4. The number of ether oxygens (including phenoxy) is 3. The van der Waals surface area contributed by atoms with Gasteiger partial charge in [0.2, 0.25) is 0 Å². The van der Waals surface area contributed by atoms with Gasteiger partial charge in [-0.25, -0.2) is 0 Å². The van der Waals surface area contributed by atoms with Crippen LogP contribution in [0.15, 0.2) is 95.7 Å². The summed E-state index contributed by atoms with van der Waals surface area (Å²) in [5, 5.41) is 3.91. The highest BCUT2D eigenvalue weighted by Crippen LogP contribution is 2.39. The van der Waals surface area contributed by atoms with Crippen molar-refractivity contribution in [3.05, 3.63) is 95.7 Å². The van der Waals surface area contributed by atoms with Gasteiger partial charge in [0.1, 0.15) is 19.0 Å². The molecule has 0 atom stereocenters. The van der Waals surface area contributed by atoms with Gasteiger partial charge in [-0.3, -0.25) is 0 Å². The molecule has 1 aliphatic heterocycles. The van der Waals surface area contributed by atoms with Crippen molar-refractivity contribution in [2.24, 2.45) is 0 Å². The monoisotopic (exact) mass is 417 g/mol. The molecule has 1 aromatic heterocycles. The van der Waals surface area contributed by atoms with E-state index in [-0.39, 0.29) is 0 Å². The molecule has 3 aromatic carbocycles. The fourth-order valence-corrected chi connectivity index (χ4v) is 3.87. The third-order valence-corrected chi connectivity index (χ3v) is 5.25. The maximum Gasteiger partial charge on any atom is 0.172 e. The fourth-order valence-electron chi connectivity index (χ4n) is 3.18. The average Bonchev–Trinajstić information content (AvgIpc) is 3.31. The first-order valence-electron chi connectivity index (χ1n) is 9.72. The van der Waals surface area contributed by atoms with Crippen LogP contribution >= 0.6 is 11.3 Å². The van der Waals surface area contributed by atoms with Crippen molar-refractivity contribution < 1.29 is 14.2 Å². The Kier molecular flexibility index (Phi) is 6.52. The zero-order valence-electron chi connectivity index (χ0n) is 16.7. The molecule has 0 amide bonds. The summed E-state index contributed by atoms with van der Waals surface area (Å²) in [5.41, 5.74) is 3.24. The normalized spacial score (nSPS) is 11.8. The van der Waals surface area contributed by atoms with E-state index in [0.29, 0.717) is 13.2 Å². The molecule has 1 aliphatic rings. The van der Waals surface area contributed by atoms with Gasteiger partial charge in [-0.05, 0) is 36.4 Å². The molecule has 5 rings (SSSR count). The molecule has 0 spiro atoms. The van der Waals surface area contributed by atoms with Crippen LogP contribution in [0.5, 0.6) is 17.2 Å². The lowest BCUT2D eigenvalue weighted by atomic mass is 10.2. The van der Waals surface area contributed by atoms with Crippen LogP contribution in [0, 0.1) is 0 Å². The summed E-state index contributed by atoms with van der Waals surface area (Å²) in [5.74, 6) is 2.64. The van der Waals surface area contributed by atoms with Crippen LogP contribution in [0.2, 0.25) is 0 Å². The number of anilines is 3. The lowest BCUT2D eigenvalue weighted by Crippen LogP contribution is -2.13. The summed E-state index contributed by atoms with van der Waals surface area (Å²) in [6.07, 6.45) is 0. The van der Waals surface area contributed by atoms with Crippen LogP contribution in [-0.4, -0.2) is 20.3 Å². The minimum atomic E-state index is 0.684. The summed E-state index contributed by atoms with van der Waals surface area (Å²) in [4.78, 5) is 2.19. The maximum atomic E-state index is 5.53. The fraction of sp³-hybridized carbons (Fsp3) is 0.120. The Balaban J connectivity index is 0.000000200. The second-order valence-electron chi connectivity index (χ2n) is 6.48. The smallest absolute Gasteiger partial charge is 0.172 e. The Morgan fingerprint density at radius 3 is 1.73 bits per heavy atom. The van der Waals surface area contributed by atoms with Gasteiger partial charge in [-0.1, -0.05) is 48.5 Å². The van der Waals surface area contributed by atoms with Crippen LogP contribution < -0.4 is 19.1 Å². The van der Waals surface area contributed by atoms with Gasteiger partial charge >= 0.3 is 0 Å². The molecule has 0 saturated heterocycles. The van der Waals surface area contributed by atoms with Crippen LogP contribution in [0.3, 0.4) is 0 Å². The van der Waals surface area contributed by atoms with Gasteiger partial charge in [0, 0.05) is 22.1 Å². The molecule has 4 aromatic rings. The molecule has 0 aliphatic carbocycles. The molecular weight excluding hydrogens is 394 g/mol. The molecule has 0 saturated carbocycles. The third-order valence-electron chi connectivity index (χ3n) is 4.55. The minimum absolute atomic E-state index is 0.684. The number of methoxy groups -OCH3 is 1. The number of hydrogen-bond acceptors (Lipinski definition) is 5. The highest BCUT2D eigenvalue weighted by molar-refractivity contribution is 7.08. The lowest BCUT2D eigenvalue weighted by Gasteiger charge is -2.26. The van der Waals surface area contributed by atoms with Crippen molar-refractivity contribution in [2.45, 2.75) is 0 Å². The largest absolute Gasteiger partial charge is 0.495 e. The van der Waals surface area contributed by atoms with Crippen molar-refractivity contribution in [2.75, 3.05) is 25.2 Å². The van der Waals surface area contributed by atoms with Crippen molar-refractivity contribution in [3.63, 3.8) is 0 Å². The summed E-state index contributed by atoms with van der Waals surface area (Å²) < 4.78 is 16.0. The molecule has 30 heavy (non-hydrogen) atoms. The highest BCUT2D eigenvalue weighted by atomic mass is 32.1. The number of nitrogens with zero attached hydrogens (tertiary/aromatic N) is 1. The molecule has 152 valence electrons. The zero-order chi connectivity index (χ0) is 20.6. The summed E-state index contributed by atoms with van der Waals surface area (Å²) in [6.45, 7) is 1.37. The lowest BCUT2D eigenvalue weighted by molar-refractivity contribution is 0.173. The van der Waals surface area contributed by atoms with Crippen molar-refractivity contribution in [3.8, 4) is 17.2 Å². The van der Waals surface area contributed by atoms with Crippen LogP contribution in [0.4, 0.5) is 17.1 Å². The molecule has 2 heterocycles. The summed E-state index contributed by atoms with van der Waals surface area (Å²) in [7, 11) is 1.70. The molecule has 0 fully saturated rings. The van der Waals surface area contributed by atoms with Crippen LogP contribution in [0.1, 0.15) is 0 Å². The van der Waals surface area contributed by atoms with Crippen molar-refractivity contribution in [1.29, 1.82) is 0 Å². The first kappa shape index (κ1) is 19.9. The first-order valence-corrected chi connectivity index (χ1v) is 10.7. The van der Waals surface area contributed by atoms with Gasteiger partial charge in [0.15, 0.2) is 11.5 Å². The Morgan fingerprint density at radius 1 is 0.700 bits per heavy atom. The van der Waals surface area contributed by atoms with E-state index in [4.69, 9.17) is 14.2 Å². The number of benzene rings is 3. The molecule has 4 nitrogen and oxygen atoms in total. The average molecular weight is 418 g/mol. The Hall–Kier alpha value is -3.44. The number of hydrogen-bond donors (Lipinski definition) is 0. The molecule has 0 bridgehead atoms. The van der Waals surface area contributed by atoms with Crippen LogP contribution in [-0.2, 0) is 0 Å². The van der Waals surface area contributed by atoms with E-state index in [1.807, 2.05) is 65.4 Å². The van der Waals surface area contributed by atoms with Gasteiger partial charge in [0.05, 0.1) is 12.8 Å². The predicted octanol–water partition coefficient (Wildman–Crippen LogP) is 6.68. The second-order valence-corrected chi connectivity index (χ2v) is 7.22. The molecule has 0 unspecified atom stereocenters. The topological polar surface area (TPSA) is 30.9 Å². The van der Waals surface area contributed by atoms with Crippen molar-refractivity contribution in [1.82, 2.24) is 0 Å². The van der Waals surface area contributed by atoms with Gasteiger partial charge < -0.3 is 19.1 Å². The molecule has 0 radical (unpaired) electrons. The molecule has 0 N–H and O–H groups in total. The third kappa shape index (κ3) is 4.58. The summed E-state index contributed by atoms with van der Waals surface area (Å²) in [6, 6.07) is 28.7. The zero-order valence-corrected chi connectivity index (χ0v) is 17.5. The van der Waals surface area contributed by atoms with E-state index in [9.17, 15) is 0 Å². The number of para-hydroxylation sites is 4.